The van der Waals surface area contributed by atoms with Crippen LogP contribution in [0.15, 0.2) is 78.9 Å². The van der Waals surface area contributed by atoms with E-state index in [1.807, 2.05) is 43.3 Å². The first-order valence-electron chi connectivity index (χ1n) is 12.7. The zero-order chi connectivity index (χ0) is 26.4. The van der Waals surface area contributed by atoms with Gasteiger partial charge in [0, 0.05) is 17.2 Å². The highest BCUT2D eigenvalue weighted by molar-refractivity contribution is 5.94. The number of carbonyl (C=O) groups is 2. The van der Waals surface area contributed by atoms with Gasteiger partial charge in [0.15, 0.2) is 5.69 Å². The maximum absolute atomic E-state index is 12.8. The second-order valence-corrected chi connectivity index (χ2v) is 9.29. The second-order valence-electron chi connectivity index (χ2n) is 9.29. The number of ether oxygens (including phenoxy) is 1. The number of hydrogen-bond donors (Lipinski definition) is 1. The van der Waals surface area contributed by atoms with Crippen molar-refractivity contribution < 1.29 is 14.3 Å². The first kappa shape index (κ1) is 25.9. The van der Waals surface area contributed by atoms with Crippen molar-refractivity contribution in [2.75, 3.05) is 6.61 Å². The van der Waals surface area contributed by atoms with Crippen molar-refractivity contribution in [1.29, 1.82) is 0 Å². The predicted octanol–water partition coefficient (Wildman–Crippen LogP) is 6.08. The van der Waals surface area contributed by atoms with Gasteiger partial charge in [-0.1, -0.05) is 42.5 Å². The fourth-order valence-electron chi connectivity index (χ4n) is 4.15. The van der Waals surface area contributed by atoms with E-state index in [0.29, 0.717) is 5.56 Å². The molecular weight excluding hydrogens is 462 g/mol. The summed E-state index contributed by atoms with van der Waals surface area (Å²) >= 11 is 0. The average Bonchev–Trinajstić information content (AvgIpc) is 3.36. The number of aryl methyl sites for hydroxylation is 3. The molecular formula is C31H33N3O3. The standard InChI is InChI=1S/C31H33N3O3/c1-5-37-31(36)28-20-29(26-14-11-21(2)22(3)19-26)34(33-28)27-17-15-25(16-18-27)30(35)32-23(4)12-13-24-9-7-6-8-10-24/h6-11,14-20,23H,5,12-13H2,1-4H3,(H,32,35). The summed E-state index contributed by atoms with van der Waals surface area (Å²) in [6.07, 6.45) is 1.77. The van der Waals surface area contributed by atoms with Gasteiger partial charge in [0.05, 0.1) is 18.0 Å². The molecule has 0 radical (unpaired) electrons. The van der Waals surface area contributed by atoms with Crippen LogP contribution in [0.4, 0.5) is 0 Å². The predicted molar refractivity (Wildman–Crippen MR) is 146 cm³/mol. The van der Waals surface area contributed by atoms with Gasteiger partial charge in [-0.2, -0.15) is 5.10 Å². The molecule has 0 fully saturated rings. The number of aromatic nitrogens is 2. The molecule has 0 aliphatic carbocycles. The second kappa shape index (κ2) is 11.7. The fourth-order valence-corrected chi connectivity index (χ4v) is 4.15. The van der Waals surface area contributed by atoms with Gasteiger partial charge in [-0.25, -0.2) is 9.48 Å². The van der Waals surface area contributed by atoms with E-state index in [0.717, 1.165) is 35.3 Å². The molecule has 4 rings (SSSR count). The molecule has 1 atom stereocenters. The molecule has 0 aliphatic heterocycles. The molecule has 37 heavy (non-hydrogen) atoms. The Morgan fingerprint density at radius 2 is 1.68 bits per heavy atom. The minimum atomic E-state index is -0.466. The maximum atomic E-state index is 12.8. The van der Waals surface area contributed by atoms with Gasteiger partial charge in [0.2, 0.25) is 0 Å². The molecule has 4 aromatic rings. The molecule has 0 saturated heterocycles. The van der Waals surface area contributed by atoms with E-state index < -0.39 is 5.97 Å². The smallest absolute Gasteiger partial charge is 0.358 e. The van der Waals surface area contributed by atoms with Gasteiger partial charge < -0.3 is 10.1 Å². The first-order valence-corrected chi connectivity index (χ1v) is 12.7. The number of esters is 1. The average molecular weight is 496 g/mol. The molecule has 1 amide bonds. The summed E-state index contributed by atoms with van der Waals surface area (Å²) in [5.74, 6) is -0.582. The molecule has 1 aromatic heterocycles. The van der Waals surface area contributed by atoms with Crippen molar-refractivity contribution in [2.24, 2.45) is 0 Å². The lowest BCUT2D eigenvalue weighted by Gasteiger charge is -2.14. The Balaban J connectivity index is 1.53. The highest BCUT2D eigenvalue weighted by atomic mass is 16.5. The Labute approximate surface area is 218 Å². The van der Waals surface area contributed by atoms with Crippen LogP contribution in [-0.4, -0.2) is 34.3 Å². The van der Waals surface area contributed by atoms with E-state index in [1.165, 1.54) is 11.1 Å². The molecule has 1 unspecified atom stereocenters. The molecule has 6 nitrogen and oxygen atoms in total. The Morgan fingerprint density at radius 1 is 0.946 bits per heavy atom. The van der Waals surface area contributed by atoms with E-state index in [-0.39, 0.29) is 24.2 Å². The Kier molecular flexibility index (Phi) is 8.18. The SMILES string of the molecule is CCOC(=O)c1cc(-c2ccc(C)c(C)c2)n(-c2ccc(C(=O)NC(C)CCc3ccccc3)cc2)n1. The Hall–Kier alpha value is -4.19. The van der Waals surface area contributed by atoms with E-state index in [1.54, 1.807) is 29.8 Å². The van der Waals surface area contributed by atoms with E-state index in [9.17, 15) is 9.59 Å². The van der Waals surface area contributed by atoms with Gasteiger partial charge in [-0.15, -0.1) is 0 Å². The highest BCUT2D eigenvalue weighted by Crippen LogP contribution is 2.26. The van der Waals surface area contributed by atoms with Crippen molar-refractivity contribution in [3.05, 3.63) is 107 Å². The number of hydrogen-bond acceptors (Lipinski definition) is 4. The van der Waals surface area contributed by atoms with Crippen LogP contribution in [0, 0.1) is 13.8 Å². The van der Waals surface area contributed by atoms with Gasteiger partial charge >= 0.3 is 5.97 Å². The number of rotatable bonds is 9. The van der Waals surface area contributed by atoms with Crippen LogP contribution in [0.3, 0.4) is 0 Å². The van der Waals surface area contributed by atoms with Crippen LogP contribution in [0.25, 0.3) is 16.9 Å². The summed E-state index contributed by atoms with van der Waals surface area (Å²) in [4.78, 5) is 25.3. The quantitative estimate of drug-likeness (QED) is 0.286. The summed E-state index contributed by atoms with van der Waals surface area (Å²) in [6.45, 7) is 8.18. The monoisotopic (exact) mass is 495 g/mol. The number of benzene rings is 3. The largest absolute Gasteiger partial charge is 0.461 e. The van der Waals surface area contributed by atoms with Gasteiger partial charge in [-0.05, 0) is 93.6 Å². The summed E-state index contributed by atoms with van der Waals surface area (Å²) < 4.78 is 6.90. The molecule has 3 aromatic carbocycles. The van der Waals surface area contributed by atoms with Gasteiger partial charge in [0.25, 0.3) is 5.91 Å². The van der Waals surface area contributed by atoms with Crippen LogP contribution < -0.4 is 5.32 Å². The van der Waals surface area contributed by atoms with Crippen LogP contribution in [0.2, 0.25) is 0 Å². The molecule has 0 saturated carbocycles. The number of carbonyl (C=O) groups excluding carboxylic acids is 2. The molecule has 1 heterocycles. The number of nitrogens with zero attached hydrogens (tertiary/aromatic N) is 2. The molecule has 1 N–H and O–H groups in total. The van der Waals surface area contributed by atoms with Crippen LogP contribution in [0.5, 0.6) is 0 Å². The molecule has 0 aliphatic rings. The van der Waals surface area contributed by atoms with E-state index >= 15 is 0 Å². The lowest BCUT2D eigenvalue weighted by Crippen LogP contribution is -2.32. The summed E-state index contributed by atoms with van der Waals surface area (Å²) in [6, 6.07) is 25.5. The Morgan fingerprint density at radius 3 is 2.35 bits per heavy atom. The lowest BCUT2D eigenvalue weighted by atomic mass is 10.0. The highest BCUT2D eigenvalue weighted by Gasteiger charge is 2.18. The van der Waals surface area contributed by atoms with E-state index in [2.05, 4.69) is 48.5 Å². The van der Waals surface area contributed by atoms with Crippen molar-refractivity contribution in [3.8, 4) is 16.9 Å². The van der Waals surface area contributed by atoms with Gasteiger partial charge in [0.1, 0.15) is 0 Å². The third-order valence-electron chi connectivity index (χ3n) is 6.46. The maximum Gasteiger partial charge on any atom is 0.358 e. The Bertz CT molecular complexity index is 1370. The lowest BCUT2D eigenvalue weighted by molar-refractivity contribution is 0.0518. The molecule has 6 heteroatoms. The van der Waals surface area contributed by atoms with Crippen LogP contribution in [-0.2, 0) is 11.2 Å². The summed E-state index contributed by atoms with van der Waals surface area (Å²) in [7, 11) is 0. The third-order valence-corrected chi connectivity index (χ3v) is 6.46. The zero-order valence-corrected chi connectivity index (χ0v) is 21.8. The fraction of sp³-hybridized carbons (Fsp3) is 0.258. The first-order chi connectivity index (χ1) is 17.9. The summed E-state index contributed by atoms with van der Waals surface area (Å²) in [5, 5.41) is 7.63. The number of nitrogens with one attached hydrogen (secondary N) is 1. The minimum absolute atomic E-state index is 0.0435. The summed E-state index contributed by atoms with van der Waals surface area (Å²) in [5.41, 5.74) is 6.87. The van der Waals surface area contributed by atoms with Crippen molar-refractivity contribution >= 4 is 11.9 Å². The van der Waals surface area contributed by atoms with Crippen molar-refractivity contribution in [1.82, 2.24) is 15.1 Å². The molecule has 0 spiro atoms. The van der Waals surface area contributed by atoms with Gasteiger partial charge in [-0.3, -0.25) is 4.79 Å². The van der Waals surface area contributed by atoms with Crippen LogP contribution >= 0.6 is 0 Å². The van der Waals surface area contributed by atoms with Crippen molar-refractivity contribution in [3.63, 3.8) is 0 Å². The van der Waals surface area contributed by atoms with Crippen LogP contribution in [0.1, 0.15) is 57.8 Å². The molecule has 190 valence electrons. The zero-order valence-electron chi connectivity index (χ0n) is 21.8. The minimum Gasteiger partial charge on any atom is -0.461 e. The van der Waals surface area contributed by atoms with Crippen molar-refractivity contribution in [2.45, 2.75) is 46.6 Å². The third kappa shape index (κ3) is 6.33. The number of amides is 1. The topological polar surface area (TPSA) is 73.2 Å². The van der Waals surface area contributed by atoms with E-state index in [4.69, 9.17) is 4.74 Å². The molecule has 0 bridgehead atoms. The normalized spacial score (nSPS) is 11.7.